The number of anilines is 1. The zero-order valence-corrected chi connectivity index (χ0v) is 11.8. The van der Waals surface area contributed by atoms with Gasteiger partial charge in [0.05, 0.1) is 18.4 Å². The van der Waals surface area contributed by atoms with Crippen molar-refractivity contribution in [2.45, 2.75) is 26.9 Å². The first kappa shape index (κ1) is 13.7. The fourth-order valence-corrected chi connectivity index (χ4v) is 2.20. The Hall–Kier alpha value is -1.75. The van der Waals surface area contributed by atoms with Crippen molar-refractivity contribution in [1.82, 2.24) is 4.90 Å². The first-order valence-electron chi connectivity index (χ1n) is 6.60. The lowest BCUT2D eigenvalue weighted by atomic mass is 10.1. The molecule has 104 valence electrons. The molecule has 0 aromatic heterocycles. The molecule has 1 aliphatic rings. The highest BCUT2D eigenvalue weighted by molar-refractivity contribution is 5.79. The van der Waals surface area contributed by atoms with E-state index in [1.54, 1.807) is 0 Å². The van der Waals surface area contributed by atoms with Crippen LogP contribution in [0.3, 0.4) is 0 Å². The van der Waals surface area contributed by atoms with E-state index >= 15 is 0 Å². The summed E-state index contributed by atoms with van der Waals surface area (Å²) in [5.41, 5.74) is 12.4. The van der Waals surface area contributed by atoms with Gasteiger partial charge in [-0.25, -0.2) is 0 Å². The molecule has 3 N–H and O–H groups in total. The summed E-state index contributed by atoms with van der Waals surface area (Å²) in [5.74, 6) is 0.512. The van der Waals surface area contributed by atoms with Crippen molar-refractivity contribution in [3.63, 3.8) is 0 Å². The highest BCUT2D eigenvalue weighted by atomic mass is 16.5. The summed E-state index contributed by atoms with van der Waals surface area (Å²) in [4.78, 5) is 2.04. The molecule has 2 rings (SSSR count). The summed E-state index contributed by atoms with van der Waals surface area (Å²) in [6, 6.07) is 6.14. The number of para-hydroxylation sites is 1. The zero-order chi connectivity index (χ0) is 13.8. The Kier molecular flexibility index (Phi) is 4.27. The average molecular weight is 262 g/mol. The highest BCUT2D eigenvalue weighted by Crippen LogP contribution is 2.19. The van der Waals surface area contributed by atoms with Crippen molar-refractivity contribution in [2.75, 3.05) is 25.1 Å². The number of morpholine rings is 1. The number of nitrogens with zero attached hydrogens (tertiary/aromatic N) is 2. The third-order valence-corrected chi connectivity index (χ3v) is 3.33. The van der Waals surface area contributed by atoms with Crippen molar-refractivity contribution < 1.29 is 4.74 Å². The Morgan fingerprint density at radius 2 is 2.11 bits per heavy atom. The van der Waals surface area contributed by atoms with Gasteiger partial charge in [-0.3, -0.25) is 5.43 Å². The van der Waals surface area contributed by atoms with Crippen molar-refractivity contribution in [2.24, 2.45) is 10.8 Å². The molecular formula is C14H22N4O. The van der Waals surface area contributed by atoms with Gasteiger partial charge >= 0.3 is 0 Å². The van der Waals surface area contributed by atoms with Gasteiger partial charge in [-0.2, -0.15) is 0 Å². The molecule has 0 radical (unpaired) electrons. The Labute approximate surface area is 114 Å². The van der Waals surface area contributed by atoms with Crippen molar-refractivity contribution in [1.29, 1.82) is 0 Å². The fourth-order valence-electron chi connectivity index (χ4n) is 2.20. The molecule has 0 spiro atoms. The maximum atomic E-state index is 6.02. The molecule has 0 aliphatic carbocycles. The second kappa shape index (κ2) is 5.93. The maximum Gasteiger partial charge on any atom is 0.214 e. The van der Waals surface area contributed by atoms with Crippen LogP contribution in [0.15, 0.2) is 23.3 Å². The van der Waals surface area contributed by atoms with Gasteiger partial charge in [-0.1, -0.05) is 18.2 Å². The topological polar surface area (TPSA) is 62.9 Å². The number of guanidine groups is 1. The Morgan fingerprint density at radius 3 is 2.74 bits per heavy atom. The molecule has 1 aromatic rings. The Morgan fingerprint density at radius 1 is 1.42 bits per heavy atom. The molecule has 5 heteroatoms. The predicted octanol–water partition coefficient (Wildman–Crippen LogP) is 1.67. The van der Waals surface area contributed by atoms with E-state index in [4.69, 9.17) is 10.5 Å². The minimum Gasteiger partial charge on any atom is -0.375 e. The smallest absolute Gasteiger partial charge is 0.214 e. The molecule has 1 fully saturated rings. The first-order chi connectivity index (χ1) is 9.08. The van der Waals surface area contributed by atoms with Gasteiger partial charge in [0.2, 0.25) is 5.96 Å². The van der Waals surface area contributed by atoms with Crippen LogP contribution in [0.5, 0.6) is 0 Å². The number of nitrogens with one attached hydrogen (secondary N) is 1. The van der Waals surface area contributed by atoms with E-state index in [1.807, 2.05) is 17.9 Å². The summed E-state index contributed by atoms with van der Waals surface area (Å²) in [6.07, 6.45) is 0.197. The third-order valence-electron chi connectivity index (χ3n) is 3.33. The lowest BCUT2D eigenvalue weighted by molar-refractivity contribution is 0.00534. The standard InChI is InChI=1S/C14H22N4O/c1-10-5-4-6-11(2)13(10)16-17-14(15)18-7-8-19-12(3)9-18/h4-6,12,16H,7-9H2,1-3H3,(H2,15,17). The molecule has 5 nitrogen and oxygen atoms in total. The van der Waals surface area contributed by atoms with Crippen LogP contribution >= 0.6 is 0 Å². The molecule has 19 heavy (non-hydrogen) atoms. The van der Waals surface area contributed by atoms with E-state index in [1.165, 1.54) is 0 Å². The summed E-state index contributed by atoms with van der Waals surface area (Å²) in [7, 11) is 0. The number of ether oxygens (including phenoxy) is 1. The van der Waals surface area contributed by atoms with Crippen molar-refractivity contribution in [3.8, 4) is 0 Å². The van der Waals surface area contributed by atoms with E-state index in [0.29, 0.717) is 12.6 Å². The summed E-state index contributed by atoms with van der Waals surface area (Å²) < 4.78 is 5.49. The first-order valence-corrected chi connectivity index (χ1v) is 6.60. The number of nitrogens with two attached hydrogens (primary N) is 1. The van der Waals surface area contributed by atoms with Crippen LogP contribution < -0.4 is 11.2 Å². The summed E-state index contributed by atoms with van der Waals surface area (Å²) in [6.45, 7) is 8.41. The van der Waals surface area contributed by atoms with E-state index in [0.717, 1.165) is 29.9 Å². The van der Waals surface area contributed by atoms with Gasteiger partial charge in [-0.05, 0) is 31.9 Å². The van der Waals surface area contributed by atoms with Gasteiger partial charge < -0.3 is 15.4 Å². The van der Waals surface area contributed by atoms with Crippen molar-refractivity contribution in [3.05, 3.63) is 29.3 Å². The lowest BCUT2D eigenvalue weighted by Crippen LogP contribution is -2.48. The quantitative estimate of drug-likeness (QED) is 0.483. The van der Waals surface area contributed by atoms with Gasteiger partial charge in [-0.15, -0.1) is 5.10 Å². The minimum absolute atomic E-state index is 0.197. The molecule has 0 amide bonds. The second-order valence-corrected chi connectivity index (χ2v) is 4.98. The zero-order valence-electron chi connectivity index (χ0n) is 11.8. The van der Waals surface area contributed by atoms with Crippen LogP contribution in [0.25, 0.3) is 0 Å². The average Bonchev–Trinajstić information content (AvgIpc) is 2.38. The van der Waals surface area contributed by atoms with Crippen LogP contribution in [-0.4, -0.2) is 36.7 Å². The van der Waals surface area contributed by atoms with Crippen LogP contribution in [-0.2, 0) is 4.74 Å². The Balaban J connectivity index is 2.05. The number of aryl methyl sites for hydroxylation is 2. The molecule has 1 unspecified atom stereocenters. The molecule has 1 atom stereocenters. The van der Waals surface area contributed by atoms with Gasteiger partial charge in [0.15, 0.2) is 0 Å². The summed E-state index contributed by atoms with van der Waals surface area (Å²) in [5, 5.41) is 4.29. The van der Waals surface area contributed by atoms with Gasteiger partial charge in [0.25, 0.3) is 0 Å². The maximum absolute atomic E-state index is 6.02. The van der Waals surface area contributed by atoms with E-state index < -0.39 is 0 Å². The number of benzene rings is 1. The van der Waals surface area contributed by atoms with Gasteiger partial charge in [0.1, 0.15) is 0 Å². The predicted molar refractivity (Wildman–Crippen MR) is 78.1 cm³/mol. The monoisotopic (exact) mass is 262 g/mol. The van der Waals surface area contributed by atoms with E-state index in [9.17, 15) is 0 Å². The largest absolute Gasteiger partial charge is 0.375 e. The molecular weight excluding hydrogens is 240 g/mol. The van der Waals surface area contributed by atoms with Crippen LogP contribution in [0.4, 0.5) is 5.69 Å². The molecule has 1 aromatic carbocycles. The SMILES string of the molecule is Cc1cccc(C)c1N/N=C(\N)N1CCOC(C)C1. The molecule has 1 aliphatic heterocycles. The second-order valence-electron chi connectivity index (χ2n) is 4.98. The summed E-state index contributed by atoms with van der Waals surface area (Å²) >= 11 is 0. The normalized spacial score (nSPS) is 20.5. The molecule has 0 saturated carbocycles. The number of hydrazone groups is 1. The Bertz CT molecular complexity index is 452. The van der Waals surface area contributed by atoms with Crippen molar-refractivity contribution >= 4 is 11.6 Å². The van der Waals surface area contributed by atoms with Gasteiger partial charge in [0, 0.05) is 13.1 Å². The number of hydrogen-bond donors (Lipinski definition) is 2. The third kappa shape index (κ3) is 3.38. The molecule has 0 bridgehead atoms. The highest BCUT2D eigenvalue weighted by Gasteiger charge is 2.18. The number of hydrogen-bond acceptors (Lipinski definition) is 3. The molecule has 1 heterocycles. The van der Waals surface area contributed by atoms with Crippen LogP contribution in [0.1, 0.15) is 18.1 Å². The minimum atomic E-state index is 0.197. The fraction of sp³-hybridized carbons (Fsp3) is 0.500. The molecule has 1 saturated heterocycles. The number of rotatable bonds is 2. The lowest BCUT2D eigenvalue weighted by Gasteiger charge is -2.31. The van der Waals surface area contributed by atoms with E-state index in [-0.39, 0.29) is 6.10 Å². The van der Waals surface area contributed by atoms with Crippen LogP contribution in [0, 0.1) is 13.8 Å². The van der Waals surface area contributed by atoms with Crippen LogP contribution in [0.2, 0.25) is 0 Å². The van der Waals surface area contributed by atoms with E-state index in [2.05, 4.69) is 36.5 Å².